The van der Waals surface area contributed by atoms with Gasteiger partial charge in [-0.25, -0.2) is 0 Å². The topological polar surface area (TPSA) is 38.3 Å². The molecule has 2 aliphatic rings. The van der Waals surface area contributed by atoms with Crippen LogP contribution in [0.25, 0.3) is 0 Å². The van der Waals surface area contributed by atoms with Crippen molar-refractivity contribution in [1.82, 2.24) is 5.32 Å². The fraction of sp³-hybridized carbons (Fsp3) is 0.500. The van der Waals surface area contributed by atoms with Crippen molar-refractivity contribution < 1.29 is 9.53 Å². The van der Waals surface area contributed by atoms with Crippen LogP contribution in [0.15, 0.2) is 24.3 Å². The summed E-state index contributed by atoms with van der Waals surface area (Å²) in [5.74, 6) is 1.92. The van der Waals surface area contributed by atoms with Gasteiger partial charge >= 0.3 is 0 Å². The third-order valence-corrected chi connectivity index (χ3v) is 3.72. The van der Waals surface area contributed by atoms with Crippen LogP contribution in [-0.4, -0.2) is 12.5 Å². The van der Waals surface area contributed by atoms with Crippen molar-refractivity contribution in [3.05, 3.63) is 29.8 Å². The van der Waals surface area contributed by atoms with Gasteiger partial charge in [-0.15, -0.1) is 0 Å². The molecular formula is C14H17NO2. The Labute approximate surface area is 101 Å². The van der Waals surface area contributed by atoms with Crippen LogP contribution in [0.4, 0.5) is 0 Å². The van der Waals surface area contributed by atoms with Crippen molar-refractivity contribution in [3.63, 3.8) is 0 Å². The smallest absolute Gasteiger partial charge is 0.223 e. The molecule has 1 aromatic carbocycles. The zero-order valence-electron chi connectivity index (χ0n) is 9.98. The van der Waals surface area contributed by atoms with Crippen LogP contribution in [0.2, 0.25) is 0 Å². The Morgan fingerprint density at radius 2 is 2.18 bits per heavy atom. The number of benzene rings is 1. The molecule has 1 aliphatic carbocycles. The Morgan fingerprint density at radius 3 is 2.94 bits per heavy atom. The Hall–Kier alpha value is -1.51. The van der Waals surface area contributed by atoms with Crippen molar-refractivity contribution in [2.75, 3.05) is 6.61 Å². The molecule has 0 saturated heterocycles. The van der Waals surface area contributed by atoms with Crippen molar-refractivity contribution in [1.29, 1.82) is 0 Å². The number of hydrogen-bond donors (Lipinski definition) is 1. The lowest BCUT2D eigenvalue weighted by atomic mass is 10.0. The van der Waals surface area contributed by atoms with Crippen molar-refractivity contribution in [2.45, 2.75) is 25.8 Å². The molecular weight excluding hydrogens is 214 g/mol. The average molecular weight is 231 g/mol. The Bertz CT molecular complexity index is 444. The first-order chi connectivity index (χ1) is 8.25. The lowest BCUT2D eigenvalue weighted by Crippen LogP contribution is -2.33. The summed E-state index contributed by atoms with van der Waals surface area (Å²) in [6, 6.07) is 8.09. The minimum Gasteiger partial charge on any atom is -0.493 e. The molecule has 1 fully saturated rings. The summed E-state index contributed by atoms with van der Waals surface area (Å²) in [4.78, 5) is 11.9. The molecule has 1 aromatic rings. The predicted molar refractivity (Wildman–Crippen MR) is 64.7 cm³/mol. The molecule has 0 aromatic heterocycles. The zero-order chi connectivity index (χ0) is 11.8. The van der Waals surface area contributed by atoms with E-state index in [1.54, 1.807) is 0 Å². The molecule has 3 rings (SSSR count). The summed E-state index contributed by atoms with van der Waals surface area (Å²) in [6.45, 7) is 2.81. The molecule has 3 heteroatoms. The summed E-state index contributed by atoms with van der Waals surface area (Å²) in [5, 5.41) is 3.15. The zero-order valence-corrected chi connectivity index (χ0v) is 9.98. The molecule has 1 saturated carbocycles. The highest BCUT2D eigenvalue weighted by molar-refractivity contribution is 5.82. The molecule has 3 atom stereocenters. The maximum atomic E-state index is 11.9. The Balaban J connectivity index is 1.74. The summed E-state index contributed by atoms with van der Waals surface area (Å²) in [5.41, 5.74) is 1.11. The minimum atomic E-state index is 0.125. The highest BCUT2D eigenvalue weighted by Gasteiger charge is 2.40. The first-order valence-electron chi connectivity index (χ1n) is 6.28. The number of fused-ring (bicyclic) bond motifs is 1. The summed E-state index contributed by atoms with van der Waals surface area (Å²) in [6.07, 6.45) is 1.90. The van der Waals surface area contributed by atoms with E-state index >= 15 is 0 Å². The number of carbonyl (C=O) groups excluding carboxylic acids is 1. The fourth-order valence-corrected chi connectivity index (χ4v) is 2.46. The monoisotopic (exact) mass is 231 g/mol. The highest BCUT2D eigenvalue weighted by atomic mass is 16.5. The number of para-hydroxylation sites is 1. The molecule has 1 heterocycles. The molecule has 0 spiro atoms. The van der Waals surface area contributed by atoms with Crippen LogP contribution >= 0.6 is 0 Å². The van der Waals surface area contributed by atoms with Gasteiger partial charge in [-0.2, -0.15) is 0 Å². The van der Waals surface area contributed by atoms with Gasteiger partial charge in [0.1, 0.15) is 5.75 Å². The molecule has 1 N–H and O–H groups in total. The van der Waals surface area contributed by atoms with Gasteiger partial charge in [0.2, 0.25) is 5.91 Å². The number of amides is 1. The molecule has 1 amide bonds. The number of hydrogen-bond acceptors (Lipinski definition) is 2. The van der Waals surface area contributed by atoms with E-state index in [4.69, 9.17) is 4.74 Å². The van der Waals surface area contributed by atoms with Gasteiger partial charge < -0.3 is 10.1 Å². The van der Waals surface area contributed by atoms with Gasteiger partial charge in [-0.05, 0) is 18.4 Å². The molecule has 90 valence electrons. The molecule has 3 nitrogen and oxygen atoms in total. The third kappa shape index (κ3) is 2.02. The predicted octanol–water partition coefficient (Wildman–Crippen LogP) is 2.28. The maximum absolute atomic E-state index is 11.9. The SMILES string of the molecule is C[C@H]1C[C@@H]1C(=O)N[C@@H]1CCOc2ccccc21. The van der Waals surface area contributed by atoms with E-state index in [2.05, 4.69) is 12.2 Å². The number of carbonyl (C=O) groups is 1. The van der Waals surface area contributed by atoms with Crippen LogP contribution in [0.1, 0.15) is 31.4 Å². The first-order valence-corrected chi connectivity index (χ1v) is 6.28. The van der Waals surface area contributed by atoms with E-state index in [-0.39, 0.29) is 17.9 Å². The van der Waals surface area contributed by atoms with Crippen LogP contribution in [0, 0.1) is 11.8 Å². The Kier molecular flexibility index (Phi) is 2.54. The quantitative estimate of drug-likeness (QED) is 0.848. The molecule has 0 unspecified atom stereocenters. The summed E-state index contributed by atoms with van der Waals surface area (Å²) < 4.78 is 5.58. The first kappa shape index (κ1) is 10.6. The maximum Gasteiger partial charge on any atom is 0.223 e. The second-order valence-electron chi connectivity index (χ2n) is 5.06. The van der Waals surface area contributed by atoms with Crippen molar-refractivity contribution in [2.24, 2.45) is 11.8 Å². The summed E-state index contributed by atoms with van der Waals surface area (Å²) >= 11 is 0. The third-order valence-electron chi connectivity index (χ3n) is 3.72. The minimum absolute atomic E-state index is 0.125. The van der Waals surface area contributed by atoms with Gasteiger partial charge in [0.25, 0.3) is 0 Å². The van der Waals surface area contributed by atoms with Crippen LogP contribution in [0.3, 0.4) is 0 Å². The van der Waals surface area contributed by atoms with Gasteiger partial charge in [0.15, 0.2) is 0 Å². The molecule has 1 aliphatic heterocycles. The number of rotatable bonds is 2. The standard InChI is InChI=1S/C14H17NO2/c1-9-8-11(9)14(16)15-12-6-7-17-13-5-3-2-4-10(12)13/h2-5,9,11-12H,6-8H2,1H3,(H,15,16)/t9-,11-,12+/m0/s1. The van der Waals surface area contributed by atoms with E-state index in [0.29, 0.717) is 12.5 Å². The number of ether oxygens (including phenoxy) is 1. The van der Waals surface area contributed by atoms with E-state index in [1.807, 2.05) is 24.3 Å². The van der Waals surface area contributed by atoms with E-state index < -0.39 is 0 Å². The Morgan fingerprint density at radius 1 is 1.41 bits per heavy atom. The van der Waals surface area contributed by atoms with E-state index in [0.717, 1.165) is 24.2 Å². The van der Waals surface area contributed by atoms with Gasteiger partial charge in [-0.3, -0.25) is 4.79 Å². The van der Waals surface area contributed by atoms with Gasteiger partial charge in [-0.1, -0.05) is 25.1 Å². The number of nitrogens with one attached hydrogen (secondary N) is 1. The highest BCUT2D eigenvalue weighted by Crippen LogP contribution is 2.39. The van der Waals surface area contributed by atoms with Gasteiger partial charge in [0.05, 0.1) is 12.6 Å². The van der Waals surface area contributed by atoms with Gasteiger partial charge in [0, 0.05) is 17.9 Å². The molecule has 0 bridgehead atoms. The van der Waals surface area contributed by atoms with Crippen molar-refractivity contribution >= 4 is 5.91 Å². The van der Waals surface area contributed by atoms with E-state index in [1.165, 1.54) is 0 Å². The van der Waals surface area contributed by atoms with Crippen LogP contribution in [0.5, 0.6) is 5.75 Å². The van der Waals surface area contributed by atoms with Crippen molar-refractivity contribution in [3.8, 4) is 5.75 Å². The lowest BCUT2D eigenvalue weighted by Gasteiger charge is -2.26. The summed E-state index contributed by atoms with van der Waals surface area (Å²) in [7, 11) is 0. The second kappa shape index (κ2) is 4.06. The van der Waals surface area contributed by atoms with E-state index in [9.17, 15) is 4.79 Å². The normalized spacial score (nSPS) is 30.1. The largest absolute Gasteiger partial charge is 0.493 e. The van der Waals surface area contributed by atoms with Crippen LogP contribution < -0.4 is 10.1 Å². The lowest BCUT2D eigenvalue weighted by molar-refractivity contribution is -0.123. The fourth-order valence-electron chi connectivity index (χ4n) is 2.46. The second-order valence-corrected chi connectivity index (χ2v) is 5.06. The molecule has 0 radical (unpaired) electrons. The van der Waals surface area contributed by atoms with Crippen LogP contribution in [-0.2, 0) is 4.79 Å². The molecule has 17 heavy (non-hydrogen) atoms. The average Bonchev–Trinajstić information content (AvgIpc) is 3.07.